The molecule has 2 rings (SSSR count). The zero-order valence-electron chi connectivity index (χ0n) is 13.1. The number of methoxy groups -OCH3 is 1. The van der Waals surface area contributed by atoms with Gasteiger partial charge in [0.15, 0.2) is 0 Å². The van der Waals surface area contributed by atoms with Gasteiger partial charge < -0.3 is 14.6 Å². The van der Waals surface area contributed by atoms with Gasteiger partial charge in [-0.25, -0.2) is 0 Å². The number of H-pyrrole nitrogens is 1. The minimum atomic E-state index is -0.370. The molecule has 1 aromatic carbocycles. The molecule has 0 radical (unpaired) electrons. The number of ether oxygens (including phenoxy) is 1. The maximum atomic E-state index is 12.2. The van der Waals surface area contributed by atoms with Crippen molar-refractivity contribution in [1.29, 1.82) is 0 Å². The van der Waals surface area contributed by atoms with Crippen LogP contribution in [0.25, 0.3) is 11.3 Å². The highest BCUT2D eigenvalue weighted by molar-refractivity contribution is 5.94. The van der Waals surface area contributed by atoms with Crippen LogP contribution in [0.4, 0.5) is 0 Å². The summed E-state index contributed by atoms with van der Waals surface area (Å²) in [4.78, 5) is 28.8. The number of benzene rings is 1. The standard InChI is InChI=1S/C17H20N2O3/c1-4-19(5-2)17(21)14-10-11-15(18-16(14)20)12-6-8-13(22-3)9-7-12/h6-11H,4-5H2,1-3H3,(H,18,20). The van der Waals surface area contributed by atoms with Crippen LogP contribution in [-0.4, -0.2) is 36.0 Å². The normalized spacial score (nSPS) is 10.3. The molecule has 0 fully saturated rings. The third kappa shape index (κ3) is 3.19. The Morgan fingerprint density at radius 2 is 1.73 bits per heavy atom. The van der Waals surface area contributed by atoms with Crippen LogP contribution in [0.1, 0.15) is 24.2 Å². The van der Waals surface area contributed by atoms with Crippen LogP contribution in [0, 0.1) is 0 Å². The molecule has 1 heterocycles. The molecule has 0 spiro atoms. The Kier molecular flexibility index (Phi) is 4.99. The fourth-order valence-corrected chi connectivity index (χ4v) is 2.26. The van der Waals surface area contributed by atoms with Gasteiger partial charge in [0.25, 0.3) is 11.5 Å². The highest BCUT2D eigenvalue weighted by atomic mass is 16.5. The van der Waals surface area contributed by atoms with Gasteiger partial charge in [-0.15, -0.1) is 0 Å². The molecule has 116 valence electrons. The predicted octanol–water partition coefficient (Wildman–Crippen LogP) is 2.53. The van der Waals surface area contributed by atoms with Crippen LogP contribution in [-0.2, 0) is 0 Å². The van der Waals surface area contributed by atoms with E-state index in [1.54, 1.807) is 24.1 Å². The van der Waals surface area contributed by atoms with Crippen molar-refractivity contribution in [3.05, 3.63) is 52.3 Å². The van der Waals surface area contributed by atoms with E-state index in [2.05, 4.69) is 4.98 Å². The van der Waals surface area contributed by atoms with Gasteiger partial charge in [-0.3, -0.25) is 9.59 Å². The van der Waals surface area contributed by atoms with Crippen molar-refractivity contribution in [3.63, 3.8) is 0 Å². The summed E-state index contributed by atoms with van der Waals surface area (Å²) in [5, 5.41) is 0. The molecule has 5 heteroatoms. The maximum Gasteiger partial charge on any atom is 0.261 e. The van der Waals surface area contributed by atoms with Crippen molar-refractivity contribution in [2.75, 3.05) is 20.2 Å². The summed E-state index contributed by atoms with van der Waals surface area (Å²) < 4.78 is 5.11. The molecule has 1 N–H and O–H groups in total. The summed E-state index contributed by atoms with van der Waals surface area (Å²) in [7, 11) is 1.60. The molecule has 0 aliphatic carbocycles. The zero-order chi connectivity index (χ0) is 16.1. The summed E-state index contributed by atoms with van der Waals surface area (Å²) in [5.41, 5.74) is 1.33. The summed E-state index contributed by atoms with van der Waals surface area (Å²) in [6.07, 6.45) is 0. The number of amides is 1. The van der Waals surface area contributed by atoms with Gasteiger partial charge in [-0.2, -0.15) is 0 Å². The number of carbonyl (C=O) groups is 1. The maximum absolute atomic E-state index is 12.2. The monoisotopic (exact) mass is 300 g/mol. The molecule has 0 bridgehead atoms. The lowest BCUT2D eigenvalue weighted by Gasteiger charge is -2.18. The molecule has 22 heavy (non-hydrogen) atoms. The number of rotatable bonds is 5. The molecule has 0 atom stereocenters. The van der Waals surface area contributed by atoms with Gasteiger partial charge in [0.2, 0.25) is 0 Å². The van der Waals surface area contributed by atoms with E-state index in [1.165, 1.54) is 0 Å². The van der Waals surface area contributed by atoms with Crippen molar-refractivity contribution in [3.8, 4) is 17.0 Å². The summed E-state index contributed by atoms with van der Waals surface area (Å²) >= 11 is 0. The number of pyridine rings is 1. The SMILES string of the molecule is CCN(CC)C(=O)c1ccc(-c2ccc(OC)cc2)[nH]c1=O. The first kappa shape index (κ1) is 15.8. The Labute approximate surface area is 129 Å². The van der Waals surface area contributed by atoms with E-state index in [0.717, 1.165) is 11.3 Å². The molecule has 2 aromatic rings. The minimum Gasteiger partial charge on any atom is -0.497 e. The third-order valence-corrected chi connectivity index (χ3v) is 3.59. The van der Waals surface area contributed by atoms with Crippen molar-refractivity contribution in [2.45, 2.75) is 13.8 Å². The van der Waals surface area contributed by atoms with Crippen molar-refractivity contribution in [2.24, 2.45) is 0 Å². The Bertz CT molecular complexity index is 701. The highest BCUT2D eigenvalue weighted by Crippen LogP contribution is 2.19. The molecule has 0 unspecified atom stereocenters. The van der Waals surface area contributed by atoms with Crippen LogP contribution < -0.4 is 10.3 Å². The van der Waals surface area contributed by atoms with Crippen LogP contribution >= 0.6 is 0 Å². The van der Waals surface area contributed by atoms with E-state index in [4.69, 9.17) is 4.74 Å². The first-order valence-corrected chi connectivity index (χ1v) is 7.27. The molecule has 0 saturated heterocycles. The predicted molar refractivity (Wildman–Crippen MR) is 86.3 cm³/mol. The molecule has 0 saturated carbocycles. The van der Waals surface area contributed by atoms with Gasteiger partial charge in [0, 0.05) is 18.8 Å². The first-order chi connectivity index (χ1) is 10.6. The number of nitrogens with one attached hydrogen (secondary N) is 1. The Hall–Kier alpha value is -2.56. The fraction of sp³-hybridized carbons (Fsp3) is 0.294. The van der Waals surface area contributed by atoms with Crippen molar-refractivity contribution in [1.82, 2.24) is 9.88 Å². The van der Waals surface area contributed by atoms with Crippen molar-refractivity contribution >= 4 is 5.91 Å². The average molecular weight is 300 g/mol. The van der Waals surface area contributed by atoms with Crippen molar-refractivity contribution < 1.29 is 9.53 Å². The van der Waals surface area contributed by atoms with E-state index in [9.17, 15) is 9.59 Å². The second-order valence-electron chi connectivity index (χ2n) is 4.82. The number of nitrogens with zero attached hydrogens (tertiary/aromatic N) is 1. The second-order valence-corrected chi connectivity index (χ2v) is 4.82. The third-order valence-electron chi connectivity index (χ3n) is 3.59. The summed E-state index contributed by atoms with van der Waals surface area (Å²) in [5.74, 6) is 0.506. The largest absolute Gasteiger partial charge is 0.497 e. The average Bonchev–Trinajstić information content (AvgIpc) is 2.55. The van der Waals surface area contributed by atoms with Crippen LogP contribution in [0.2, 0.25) is 0 Å². The number of aromatic nitrogens is 1. The lowest BCUT2D eigenvalue weighted by molar-refractivity contribution is 0.0771. The van der Waals surface area contributed by atoms with Gasteiger partial charge in [-0.1, -0.05) is 0 Å². The number of hydrogen-bond donors (Lipinski definition) is 1. The molecular formula is C17H20N2O3. The van der Waals surface area contributed by atoms with E-state index in [0.29, 0.717) is 18.8 Å². The Morgan fingerprint density at radius 1 is 1.09 bits per heavy atom. The molecule has 1 aromatic heterocycles. The number of aromatic amines is 1. The zero-order valence-corrected chi connectivity index (χ0v) is 13.1. The van der Waals surface area contributed by atoms with Crippen LogP contribution in [0.3, 0.4) is 0 Å². The summed E-state index contributed by atoms with van der Waals surface area (Å²) in [6, 6.07) is 10.7. The minimum absolute atomic E-state index is 0.168. The van der Waals surface area contributed by atoms with E-state index < -0.39 is 0 Å². The molecule has 0 aliphatic rings. The lowest BCUT2D eigenvalue weighted by Crippen LogP contribution is -2.34. The van der Waals surface area contributed by atoms with E-state index >= 15 is 0 Å². The van der Waals surface area contributed by atoms with E-state index in [-0.39, 0.29) is 17.0 Å². The fourth-order valence-electron chi connectivity index (χ4n) is 2.26. The highest BCUT2D eigenvalue weighted by Gasteiger charge is 2.16. The van der Waals surface area contributed by atoms with Gasteiger partial charge >= 0.3 is 0 Å². The molecule has 1 amide bonds. The van der Waals surface area contributed by atoms with Crippen LogP contribution in [0.5, 0.6) is 5.75 Å². The Morgan fingerprint density at radius 3 is 2.23 bits per heavy atom. The first-order valence-electron chi connectivity index (χ1n) is 7.27. The lowest BCUT2D eigenvalue weighted by atomic mass is 10.1. The summed E-state index contributed by atoms with van der Waals surface area (Å²) in [6.45, 7) is 4.94. The van der Waals surface area contributed by atoms with Gasteiger partial charge in [-0.05, 0) is 55.8 Å². The van der Waals surface area contributed by atoms with E-state index in [1.807, 2.05) is 38.1 Å². The van der Waals surface area contributed by atoms with Gasteiger partial charge in [0.1, 0.15) is 11.3 Å². The van der Waals surface area contributed by atoms with Gasteiger partial charge in [0.05, 0.1) is 7.11 Å². The smallest absolute Gasteiger partial charge is 0.261 e. The molecule has 0 aliphatic heterocycles. The molecular weight excluding hydrogens is 280 g/mol. The number of carbonyl (C=O) groups excluding carboxylic acids is 1. The quantitative estimate of drug-likeness (QED) is 0.923. The Balaban J connectivity index is 2.33. The molecule has 5 nitrogen and oxygen atoms in total. The number of hydrogen-bond acceptors (Lipinski definition) is 3. The topological polar surface area (TPSA) is 62.4 Å². The van der Waals surface area contributed by atoms with Crippen LogP contribution in [0.15, 0.2) is 41.2 Å². The second kappa shape index (κ2) is 6.93.